The molecule has 0 amide bonds. The van der Waals surface area contributed by atoms with Crippen LogP contribution in [-0.4, -0.2) is 13.0 Å². The van der Waals surface area contributed by atoms with Gasteiger partial charge < -0.3 is 0 Å². The van der Waals surface area contributed by atoms with Gasteiger partial charge in [0, 0.05) is 0 Å². The van der Waals surface area contributed by atoms with Crippen molar-refractivity contribution in [3.63, 3.8) is 0 Å². The molecule has 0 aliphatic heterocycles. The number of hydrogen-bond donors (Lipinski definition) is 1. The standard InChI is InChI=1S/C9H12O3S.C3H6.3C2H6/c1-6-4-8(3)9(5-7(6)2)13(10,11)12;1-3-2;3*1-2/h4-5H,1-3H3,(H,10,11,12);3H,1H2,2H3;3*1-2H3. The molecule has 0 aliphatic carbocycles. The van der Waals surface area contributed by atoms with E-state index in [9.17, 15) is 8.42 Å². The van der Waals surface area contributed by atoms with E-state index in [-0.39, 0.29) is 4.90 Å². The lowest BCUT2D eigenvalue weighted by Crippen LogP contribution is -2.02. The SMILES string of the molecule is C=CC.CC.CC.CC.Cc1cc(C)c(S(=O)(=O)O)cc1C. The van der Waals surface area contributed by atoms with Crippen LogP contribution >= 0.6 is 0 Å². The van der Waals surface area contributed by atoms with Gasteiger partial charge in [-0.15, -0.1) is 6.58 Å². The highest BCUT2D eigenvalue weighted by Gasteiger charge is 2.13. The van der Waals surface area contributed by atoms with Crippen molar-refractivity contribution in [2.45, 2.75) is 74.1 Å². The zero-order chi connectivity index (χ0) is 18.9. The molecule has 0 unspecified atom stereocenters. The Balaban J connectivity index is -0.000000153. The van der Waals surface area contributed by atoms with Crippen molar-refractivity contribution >= 4 is 10.1 Å². The molecule has 0 spiro atoms. The number of allylic oxidation sites excluding steroid dienone is 1. The molecule has 0 aliphatic rings. The zero-order valence-electron chi connectivity index (χ0n) is 16.1. The maximum absolute atomic E-state index is 10.9. The fourth-order valence-corrected chi connectivity index (χ4v) is 2.00. The minimum Gasteiger partial charge on any atom is -0.282 e. The largest absolute Gasteiger partial charge is 0.294 e. The van der Waals surface area contributed by atoms with Gasteiger partial charge in [0.2, 0.25) is 0 Å². The van der Waals surface area contributed by atoms with E-state index >= 15 is 0 Å². The minimum absolute atomic E-state index is 0.00407. The van der Waals surface area contributed by atoms with Gasteiger partial charge in [0.05, 0.1) is 4.90 Å². The summed E-state index contributed by atoms with van der Waals surface area (Å²) in [6.07, 6.45) is 1.75. The summed E-state index contributed by atoms with van der Waals surface area (Å²) in [7, 11) is -4.07. The Kier molecular flexibility index (Phi) is 23.6. The van der Waals surface area contributed by atoms with E-state index in [1.54, 1.807) is 19.1 Å². The van der Waals surface area contributed by atoms with Crippen molar-refractivity contribution in [3.05, 3.63) is 41.5 Å². The van der Waals surface area contributed by atoms with Crippen LogP contribution in [0.15, 0.2) is 29.7 Å². The molecule has 0 bridgehead atoms. The molecule has 132 valence electrons. The maximum Gasteiger partial charge on any atom is 0.294 e. The van der Waals surface area contributed by atoms with Crippen LogP contribution in [0.2, 0.25) is 0 Å². The minimum atomic E-state index is -4.07. The van der Waals surface area contributed by atoms with E-state index < -0.39 is 10.1 Å². The average molecular weight is 333 g/mol. The summed E-state index contributed by atoms with van der Waals surface area (Å²) in [5, 5.41) is 0. The molecule has 0 heterocycles. The van der Waals surface area contributed by atoms with Crippen LogP contribution in [0, 0.1) is 20.8 Å². The first kappa shape index (κ1) is 29.0. The monoisotopic (exact) mass is 332 g/mol. The third-order valence-electron chi connectivity index (χ3n) is 2.07. The molecule has 1 aromatic carbocycles. The number of hydrogen-bond acceptors (Lipinski definition) is 2. The summed E-state index contributed by atoms with van der Waals surface area (Å²) >= 11 is 0. The second-order valence-corrected chi connectivity index (χ2v) is 4.98. The Hall–Kier alpha value is -1.13. The molecule has 22 heavy (non-hydrogen) atoms. The van der Waals surface area contributed by atoms with Crippen LogP contribution in [-0.2, 0) is 10.1 Å². The molecule has 0 saturated heterocycles. The Morgan fingerprint density at radius 2 is 1.14 bits per heavy atom. The van der Waals surface area contributed by atoms with Crippen molar-refractivity contribution in [1.29, 1.82) is 0 Å². The lowest BCUT2D eigenvalue weighted by Gasteiger charge is -2.06. The van der Waals surface area contributed by atoms with Crippen molar-refractivity contribution in [3.8, 4) is 0 Å². The van der Waals surface area contributed by atoms with Crippen LogP contribution in [0.4, 0.5) is 0 Å². The second kappa shape index (κ2) is 17.9. The molecular formula is C18H36O3S. The van der Waals surface area contributed by atoms with Crippen LogP contribution in [0.5, 0.6) is 0 Å². The van der Waals surface area contributed by atoms with E-state index in [0.717, 1.165) is 11.1 Å². The van der Waals surface area contributed by atoms with Gasteiger partial charge >= 0.3 is 0 Å². The van der Waals surface area contributed by atoms with Crippen molar-refractivity contribution in [2.75, 3.05) is 0 Å². The first-order valence-corrected chi connectivity index (χ1v) is 9.30. The van der Waals surface area contributed by atoms with Gasteiger partial charge in [0.25, 0.3) is 10.1 Å². The first-order valence-electron chi connectivity index (χ1n) is 7.86. The molecule has 1 aromatic rings. The molecule has 0 radical (unpaired) electrons. The Morgan fingerprint density at radius 1 is 0.864 bits per heavy atom. The fraction of sp³-hybridized carbons (Fsp3) is 0.556. The fourth-order valence-electron chi connectivity index (χ4n) is 1.21. The topological polar surface area (TPSA) is 54.4 Å². The summed E-state index contributed by atoms with van der Waals surface area (Å²) in [6, 6.07) is 3.23. The molecule has 0 saturated carbocycles. The summed E-state index contributed by atoms with van der Waals surface area (Å²) in [6.45, 7) is 22.6. The van der Waals surface area contributed by atoms with Gasteiger partial charge in [-0.25, -0.2) is 0 Å². The molecular weight excluding hydrogens is 296 g/mol. The molecule has 0 fully saturated rings. The third-order valence-corrected chi connectivity index (χ3v) is 3.06. The lowest BCUT2D eigenvalue weighted by atomic mass is 10.1. The Morgan fingerprint density at radius 3 is 1.41 bits per heavy atom. The first-order chi connectivity index (χ1) is 10.2. The van der Waals surface area contributed by atoms with E-state index in [0.29, 0.717) is 5.56 Å². The third kappa shape index (κ3) is 13.8. The molecule has 1 N–H and O–H groups in total. The van der Waals surface area contributed by atoms with Gasteiger partial charge in [-0.2, -0.15) is 8.42 Å². The normalized spacial score (nSPS) is 8.32. The van der Waals surface area contributed by atoms with E-state index in [1.807, 2.05) is 62.3 Å². The van der Waals surface area contributed by atoms with Crippen LogP contribution in [0.25, 0.3) is 0 Å². The number of benzene rings is 1. The summed E-state index contributed by atoms with van der Waals surface area (Å²) in [4.78, 5) is -0.00407. The zero-order valence-corrected chi connectivity index (χ0v) is 16.9. The molecule has 0 aromatic heterocycles. The van der Waals surface area contributed by atoms with E-state index in [4.69, 9.17) is 4.55 Å². The van der Waals surface area contributed by atoms with E-state index in [2.05, 4.69) is 6.58 Å². The van der Waals surface area contributed by atoms with E-state index in [1.165, 1.54) is 6.07 Å². The molecule has 3 nitrogen and oxygen atoms in total. The Bertz CT molecular complexity index is 475. The molecule has 1 rings (SSSR count). The Labute approximate surface area is 139 Å². The van der Waals surface area contributed by atoms with Crippen molar-refractivity contribution in [2.24, 2.45) is 0 Å². The summed E-state index contributed by atoms with van der Waals surface area (Å²) < 4.78 is 30.6. The predicted molar refractivity (Wildman–Crippen MR) is 100 cm³/mol. The van der Waals surface area contributed by atoms with Crippen molar-refractivity contribution in [1.82, 2.24) is 0 Å². The molecule has 0 atom stereocenters. The second-order valence-electron chi connectivity index (χ2n) is 3.59. The number of aryl methyl sites for hydroxylation is 3. The van der Waals surface area contributed by atoms with Gasteiger partial charge in [-0.3, -0.25) is 4.55 Å². The number of rotatable bonds is 1. The smallest absolute Gasteiger partial charge is 0.282 e. The quantitative estimate of drug-likeness (QED) is 0.497. The predicted octanol–water partition coefficient (Wildman–Crippen LogP) is 6.13. The van der Waals surface area contributed by atoms with Gasteiger partial charge in [-0.05, 0) is 50.5 Å². The van der Waals surface area contributed by atoms with Gasteiger partial charge in [0.1, 0.15) is 0 Å². The van der Waals surface area contributed by atoms with Crippen LogP contribution < -0.4 is 0 Å². The summed E-state index contributed by atoms with van der Waals surface area (Å²) in [5.41, 5.74) is 2.45. The van der Waals surface area contributed by atoms with Crippen molar-refractivity contribution < 1.29 is 13.0 Å². The lowest BCUT2D eigenvalue weighted by molar-refractivity contribution is 0.482. The average Bonchev–Trinajstić information content (AvgIpc) is 2.49. The van der Waals surface area contributed by atoms with Crippen LogP contribution in [0.3, 0.4) is 0 Å². The highest BCUT2D eigenvalue weighted by Crippen LogP contribution is 2.19. The summed E-state index contributed by atoms with van der Waals surface area (Å²) in [5.74, 6) is 0. The maximum atomic E-state index is 10.9. The highest BCUT2D eigenvalue weighted by atomic mass is 32.2. The van der Waals surface area contributed by atoms with Crippen LogP contribution in [0.1, 0.15) is 65.2 Å². The van der Waals surface area contributed by atoms with Gasteiger partial charge in [0.15, 0.2) is 0 Å². The molecule has 4 heteroatoms. The van der Waals surface area contributed by atoms with Gasteiger partial charge in [-0.1, -0.05) is 53.7 Å². The highest BCUT2D eigenvalue weighted by molar-refractivity contribution is 7.85.